The molecule has 3 aromatic heterocycles. The fraction of sp³-hybridized carbons (Fsp3) is 0.556. The maximum Gasteiger partial charge on any atom is 0.178 e. The number of likely N-dealkylation sites (tertiary alicyclic amines) is 1. The number of piperidine rings is 1. The smallest absolute Gasteiger partial charge is 0.178 e. The van der Waals surface area contributed by atoms with E-state index in [-0.39, 0.29) is 0 Å². The molecule has 26 heavy (non-hydrogen) atoms. The summed E-state index contributed by atoms with van der Waals surface area (Å²) < 4.78 is 3.95. The molecule has 0 radical (unpaired) electrons. The van der Waals surface area contributed by atoms with Gasteiger partial charge in [-0.15, -0.1) is 15.3 Å². The van der Waals surface area contributed by atoms with Crippen LogP contribution in [0.5, 0.6) is 0 Å². The van der Waals surface area contributed by atoms with Crippen LogP contribution in [0.2, 0.25) is 0 Å². The lowest BCUT2D eigenvalue weighted by Crippen LogP contribution is -2.35. The van der Waals surface area contributed by atoms with E-state index < -0.39 is 0 Å². The van der Waals surface area contributed by atoms with Gasteiger partial charge in [0.15, 0.2) is 11.5 Å². The number of rotatable bonds is 5. The molecule has 0 unspecified atom stereocenters. The predicted molar refractivity (Wildman–Crippen MR) is 100 cm³/mol. The van der Waals surface area contributed by atoms with Crippen LogP contribution in [-0.4, -0.2) is 68.2 Å². The average Bonchev–Trinajstić information content (AvgIpc) is 3.26. The molecule has 8 nitrogen and oxygen atoms in total. The number of aromatic nitrogens is 6. The van der Waals surface area contributed by atoms with Crippen LogP contribution in [-0.2, 0) is 6.54 Å². The van der Waals surface area contributed by atoms with Crippen molar-refractivity contribution >= 4 is 11.5 Å². The molecular formula is C18H26N8. The third-order valence-electron chi connectivity index (χ3n) is 5.09. The fourth-order valence-electron chi connectivity index (χ4n) is 3.54. The minimum absolute atomic E-state index is 0.415. The van der Waals surface area contributed by atoms with Crippen LogP contribution in [0.3, 0.4) is 0 Å². The number of anilines is 1. The van der Waals surface area contributed by atoms with Gasteiger partial charge in [-0.2, -0.15) is 9.61 Å². The highest BCUT2D eigenvalue weighted by Gasteiger charge is 2.25. The summed E-state index contributed by atoms with van der Waals surface area (Å²) in [6.45, 7) is 6.21. The summed E-state index contributed by atoms with van der Waals surface area (Å²) in [7, 11) is 4.00. The van der Waals surface area contributed by atoms with Crippen molar-refractivity contribution in [2.75, 3.05) is 38.6 Å². The maximum absolute atomic E-state index is 4.70. The Morgan fingerprint density at radius 3 is 2.62 bits per heavy atom. The second-order valence-corrected chi connectivity index (χ2v) is 7.31. The van der Waals surface area contributed by atoms with Crippen LogP contribution in [0, 0.1) is 6.92 Å². The Labute approximate surface area is 153 Å². The number of hydrogen-bond donors (Lipinski definition) is 0. The molecule has 0 aromatic carbocycles. The third-order valence-corrected chi connectivity index (χ3v) is 5.09. The van der Waals surface area contributed by atoms with Crippen molar-refractivity contribution < 1.29 is 0 Å². The van der Waals surface area contributed by atoms with E-state index in [0.29, 0.717) is 5.92 Å². The summed E-state index contributed by atoms with van der Waals surface area (Å²) >= 11 is 0. The van der Waals surface area contributed by atoms with E-state index in [1.54, 1.807) is 0 Å². The van der Waals surface area contributed by atoms with Gasteiger partial charge < -0.3 is 9.80 Å². The summed E-state index contributed by atoms with van der Waals surface area (Å²) in [5.74, 6) is 2.33. The molecule has 1 fully saturated rings. The van der Waals surface area contributed by atoms with Crippen molar-refractivity contribution in [2.45, 2.75) is 32.2 Å². The van der Waals surface area contributed by atoms with Gasteiger partial charge in [-0.1, -0.05) is 0 Å². The Balaban J connectivity index is 1.40. The number of aryl methyl sites for hydroxylation is 1. The van der Waals surface area contributed by atoms with Crippen molar-refractivity contribution in [1.82, 2.24) is 34.5 Å². The third kappa shape index (κ3) is 3.41. The normalized spacial score (nSPS) is 16.4. The molecular weight excluding hydrogens is 328 g/mol. The van der Waals surface area contributed by atoms with E-state index in [2.05, 4.69) is 33.3 Å². The van der Waals surface area contributed by atoms with E-state index in [1.165, 1.54) is 5.56 Å². The highest BCUT2D eigenvalue weighted by molar-refractivity contribution is 5.45. The molecule has 3 aromatic rings. The van der Waals surface area contributed by atoms with Gasteiger partial charge in [0, 0.05) is 32.8 Å². The standard InChI is InChI=1S/C18H26N8/c1-14-12-19-25(13-14)11-10-24-8-6-15(7-9-24)18-21-20-16-4-5-17(23(2)3)22-26(16)18/h4-5,12-13,15H,6-11H2,1-3H3. The monoisotopic (exact) mass is 354 g/mol. The van der Waals surface area contributed by atoms with Crippen molar-refractivity contribution in [2.24, 2.45) is 0 Å². The van der Waals surface area contributed by atoms with Crippen molar-refractivity contribution in [3.8, 4) is 0 Å². The molecule has 8 heteroatoms. The van der Waals surface area contributed by atoms with Gasteiger partial charge in [-0.3, -0.25) is 4.68 Å². The summed E-state index contributed by atoms with van der Waals surface area (Å²) in [5, 5.41) is 17.8. The highest BCUT2D eigenvalue weighted by atomic mass is 15.4. The molecule has 0 atom stereocenters. The SMILES string of the molecule is Cc1cnn(CCN2CCC(c3nnc4ccc(N(C)C)nn34)CC2)c1. The highest BCUT2D eigenvalue weighted by Crippen LogP contribution is 2.27. The zero-order valence-corrected chi connectivity index (χ0v) is 15.7. The second-order valence-electron chi connectivity index (χ2n) is 7.31. The zero-order valence-electron chi connectivity index (χ0n) is 15.7. The maximum atomic E-state index is 4.70. The zero-order chi connectivity index (χ0) is 18.1. The Bertz CT molecular complexity index is 872. The minimum Gasteiger partial charge on any atom is -0.361 e. The van der Waals surface area contributed by atoms with E-state index in [4.69, 9.17) is 5.10 Å². The quantitative estimate of drug-likeness (QED) is 0.693. The molecule has 1 aliphatic rings. The largest absolute Gasteiger partial charge is 0.361 e. The van der Waals surface area contributed by atoms with Gasteiger partial charge >= 0.3 is 0 Å². The van der Waals surface area contributed by atoms with Gasteiger partial charge in [0.2, 0.25) is 0 Å². The van der Waals surface area contributed by atoms with Gasteiger partial charge in [0.1, 0.15) is 5.82 Å². The lowest BCUT2D eigenvalue weighted by atomic mass is 9.96. The second kappa shape index (κ2) is 7.03. The van der Waals surface area contributed by atoms with Crippen molar-refractivity contribution in [1.29, 1.82) is 0 Å². The molecule has 0 spiro atoms. The number of hydrogen-bond acceptors (Lipinski definition) is 6. The van der Waals surface area contributed by atoms with Crippen molar-refractivity contribution in [3.63, 3.8) is 0 Å². The first-order valence-electron chi connectivity index (χ1n) is 9.21. The molecule has 1 aliphatic heterocycles. The molecule has 1 saturated heterocycles. The van der Waals surface area contributed by atoms with Gasteiger partial charge in [0.25, 0.3) is 0 Å². The van der Waals surface area contributed by atoms with E-state index in [1.807, 2.05) is 46.5 Å². The van der Waals surface area contributed by atoms with Gasteiger partial charge in [0.05, 0.1) is 12.7 Å². The Morgan fingerprint density at radius 2 is 1.92 bits per heavy atom. The van der Waals surface area contributed by atoms with Crippen LogP contribution >= 0.6 is 0 Å². The first kappa shape index (κ1) is 17.0. The summed E-state index contributed by atoms with van der Waals surface area (Å²) in [6, 6.07) is 3.97. The minimum atomic E-state index is 0.415. The molecule has 0 aliphatic carbocycles. The average molecular weight is 354 g/mol. The predicted octanol–water partition coefficient (Wildman–Crippen LogP) is 1.57. The Hall–Kier alpha value is -2.48. The van der Waals surface area contributed by atoms with Gasteiger partial charge in [-0.05, 0) is 50.6 Å². The lowest BCUT2D eigenvalue weighted by molar-refractivity contribution is 0.199. The first-order valence-corrected chi connectivity index (χ1v) is 9.21. The Morgan fingerprint density at radius 1 is 1.12 bits per heavy atom. The first-order chi connectivity index (χ1) is 12.6. The van der Waals surface area contributed by atoms with E-state index in [9.17, 15) is 0 Å². The van der Waals surface area contributed by atoms with Gasteiger partial charge in [-0.25, -0.2) is 0 Å². The van der Waals surface area contributed by atoms with Crippen LogP contribution in [0.15, 0.2) is 24.5 Å². The van der Waals surface area contributed by atoms with Crippen LogP contribution in [0.1, 0.15) is 30.1 Å². The Kier molecular flexibility index (Phi) is 4.58. The number of nitrogens with zero attached hydrogens (tertiary/aromatic N) is 8. The summed E-state index contributed by atoms with van der Waals surface area (Å²) in [6.07, 6.45) is 6.19. The molecule has 4 rings (SSSR count). The summed E-state index contributed by atoms with van der Waals surface area (Å²) in [5.41, 5.74) is 2.04. The summed E-state index contributed by atoms with van der Waals surface area (Å²) in [4.78, 5) is 4.51. The van der Waals surface area contributed by atoms with Crippen LogP contribution in [0.25, 0.3) is 5.65 Å². The molecule has 0 N–H and O–H groups in total. The molecule has 4 heterocycles. The topological polar surface area (TPSA) is 67.4 Å². The molecule has 0 saturated carbocycles. The molecule has 0 bridgehead atoms. The lowest BCUT2D eigenvalue weighted by Gasteiger charge is -2.30. The fourth-order valence-corrected chi connectivity index (χ4v) is 3.54. The molecule has 138 valence electrons. The number of fused-ring (bicyclic) bond motifs is 1. The van der Waals surface area contributed by atoms with E-state index in [0.717, 1.165) is 56.3 Å². The van der Waals surface area contributed by atoms with Crippen LogP contribution < -0.4 is 4.90 Å². The van der Waals surface area contributed by atoms with Crippen molar-refractivity contribution in [3.05, 3.63) is 35.9 Å². The van der Waals surface area contributed by atoms with Crippen LogP contribution in [0.4, 0.5) is 5.82 Å². The molecule has 0 amide bonds. The van der Waals surface area contributed by atoms with E-state index >= 15 is 0 Å².